The Hall–Kier alpha value is -2.11. The van der Waals surface area contributed by atoms with Crippen molar-refractivity contribution in [3.63, 3.8) is 0 Å². The summed E-state index contributed by atoms with van der Waals surface area (Å²) in [7, 11) is 0. The Morgan fingerprint density at radius 2 is 1.75 bits per heavy atom. The van der Waals surface area contributed by atoms with E-state index in [1.54, 1.807) is 6.07 Å². The van der Waals surface area contributed by atoms with Crippen LogP contribution in [-0.4, -0.2) is 16.5 Å². The van der Waals surface area contributed by atoms with Crippen LogP contribution in [0.25, 0.3) is 11.3 Å². The fraction of sp³-hybridized carbons (Fsp3) is 0.444. The number of rotatable bonds is 4. The lowest BCUT2D eigenvalue weighted by molar-refractivity contribution is -0.137. The topological polar surface area (TPSA) is 37.8 Å². The molecular formula is C18H20F3N3. The Morgan fingerprint density at radius 3 is 2.42 bits per heavy atom. The number of benzene rings is 1. The van der Waals surface area contributed by atoms with Crippen LogP contribution in [-0.2, 0) is 6.18 Å². The van der Waals surface area contributed by atoms with Gasteiger partial charge in [0.15, 0.2) is 0 Å². The number of aromatic nitrogens is 2. The maximum atomic E-state index is 13.1. The number of alkyl halides is 3. The Kier molecular flexibility index (Phi) is 5.02. The predicted molar refractivity (Wildman–Crippen MR) is 87.5 cm³/mol. The van der Waals surface area contributed by atoms with E-state index < -0.39 is 11.7 Å². The van der Waals surface area contributed by atoms with Crippen molar-refractivity contribution >= 4 is 5.82 Å². The zero-order valence-electron chi connectivity index (χ0n) is 13.3. The molecule has 1 aromatic heterocycles. The minimum absolute atomic E-state index is 0.0522. The minimum Gasteiger partial charge on any atom is -0.369 e. The molecule has 0 bridgehead atoms. The van der Waals surface area contributed by atoms with Crippen molar-refractivity contribution < 1.29 is 13.2 Å². The molecule has 2 aromatic rings. The van der Waals surface area contributed by atoms with Crippen molar-refractivity contribution in [1.82, 2.24) is 9.97 Å². The van der Waals surface area contributed by atoms with Gasteiger partial charge < -0.3 is 5.32 Å². The van der Waals surface area contributed by atoms with Gasteiger partial charge in [-0.2, -0.15) is 13.2 Å². The number of nitrogens with one attached hydrogen (secondary N) is 1. The molecule has 1 heterocycles. The SMILES string of the molecule is FC(F)(F)c1ccccc1-c1cnc(NCC2CCCCC2)cn1. The molecule has 1 aliphatic rings. The highest BCUT2D eigenvalue weighted by molar-refractivity contribution is 5.64. The van der Waals surface area contributed by atoms with E-state index in [0.29, 0.717) is 11.7 Å². The van der Waals surface area contributed by atoms with Gasteiger partial charge in [0.1, 0.15) is 5.82 Å². The Bertz CT molecular complexity index is 662. The molecular weight excluding hydrogens is 315 g/mol. The fourth-order valence-electron chi connectivity index (χ4n) is 3.15. The maximum absolute atomic E-state index is 13.1. The zero-order valence-corrected chi connectivity index (χ0v) is 13.3. The molecule has 0 saturated heterocycles. The van der Waals surface area contributed by atoms with E-state index in [4.69, 9.17) is 0 Å². The van der Waals surface area contributed by atoms with Gasteiger partial charge >= 0.3 is 6.18 Å². The van der Waals surface area contributed by atoms with Crippen LogP contribution in [0.2, 0.25) is 0 Å². The first-order valence-corrected chi connectivity index (χ1v) is 8.26. The van der Waals surface area contributed by atoms with E-state index in [1.165, 1.54) is 56.6 Å². The summed E-state index contributed by atoms with van der Waals surface area (Å²) in [4.78, 5) is 8.38. The summed E-state index contributed by atoms with van der Waals surface area (Å²) in [6.45, 7) is 0.840. The smallest absolute Gasteiger partial charge is 0.369 e. The van der Waals surface area contributed by atoms with Gasteiger partial charge in [0, 0.05) is 12.1 Å². The van der Waals surface area contributed by atoms with E-state index in [2.05, 4.69) is 15.3 Å². The quantitative estimate of drug-likeness (QED) is 0.839. The summed E-state index contributed by atoms with van der Waals surface area (Å²) in [5.74, 6) is 1.25. The molecule has 0 aliphatic heterocycles. The van der Waals surface area contributed by atoms with Crippen LogP contribution in [0.3, 0.4) is 0 Å². The molecule has 1 N–H and O–H groups in total. The molecule has 3 nitrogen and oxygen atoms in total. The highest BCUT2D eigenvalue weighted by atomic mass is 19.4. The monoisotopic (exact) mass is 335 g/mol. The zero-order chi connectivity index (χ0) is 17.0. The first-order chi connectivity index (χ1) is 11.5. The van der Waals surface area contributed by atoms with Gasteiger partial charge in [-0.1, -0.05) is 37.5 Å². The molecule has 6 heteroatoms. The largest absolute Gasteiger partial charge is 0.417 e. The number of halogens is 3. The summed E-state index contributed by atoms with van der Waals surface area (Å²) in [5.41, 5.74) is -0.412. The van der Waals surface area contributed by atoms with E-state index in [9.17, 15) is 13.2 Å². The van der Waals surface area contributed by atoms with Gasteiger partial charge in [-0.3, -0.25) is 4.98 Å². The van der Waals surface area contributed by atoms with Crippen LogP contribution in [0, 0.1) is 5.92 Å². The van der Waals surface area contributed by atoms with Gasteiger partial charge in [-0.25, -0.2) is 4.98 Å². The van der Waals surface area contributed by atoms with Gasteiger partial charge in [-0.15, -0.1) is 0 Å². The molecule has 1 fully saturated rings. The average Bonchev–Trinajstić information content (AvgIpc) is 2.61. The molecule has 3 rings (SSSR count). The molecule has 1 saturated carbocycles. The lowest BCUT2D eigenvalue weighted by atomic mass is 9.89. The van der Waals surface area contributed by atoms with E-state index in [1.807, 2.05) is 0 Å². The average molecular weight is 335 g/mol. The fourth-order valence-corrected chi connectivity index (χ4v) is 3.15. The molecule has 0 spiro atoms. The molecule has 1 aliphatic carbocycles. The summed E-state index contributed by atoms with van der Waals surface area (Å²) in [6.07, 6.45) is 4.78. The van der Waals surface area contributed by atoms with Crippen molar-refractivity contribution in [3.05, 3.63) is 42.2 Å². The third kappa shape index (κ3) is 4.04. The van der Waals surface area contributed by atoms with Crippen LogP contribution in [0.1, 0.15) is 37.7 Å². The maximum Gasteiger partial charge on any atom is 0.417 e. The standard InChI is InChI=1S/C18H20F3N3/c19-18(20,21)15-9-5-4-8-14(15)16-11-24-17(12-22-16)23-10-13-6-2-1-3-7-13/h4-5,8-9,11-13H,1-3,6-7,10H2,(H,23,24). The number of nitrogens with zero attached hydrogens (tertiary/aromatic N) is 2. The minimum atomic E-state index is -4.41. The van der Waals surface area contributed by atoms with Crippen LogP contribution in [0.15, 0.2) is 36.7 Å². The molecule has 1 aromatic carbocycles. The lowest BCUT2D eigenvalue weighted by Crippen LogP contribution is -2.17. The van der Waals surface area contributed by atoms with Crippen LogP contribution < -0.4 is 5.32 Å². The molecule has 0 unspecified atom stereocenters. The van der Waals surface area contributed by atoms with Crippen LogP contribution >= 0.6 is 0 Å². The molecule has 0 amide bonds. The van der Waals surface area contributed by atoms with Crippen molar-refractivity contribution in [2.75, 3.05) is 11.9 Å². The number of hydrogen-bond acceptors (Lipinski definition) is 3. The first kappa shape index (κ1) is 16.7. The Balaban J connectivity index is 1.71. The third-order valence-corrected chi connectivity index (χ3v) is 4.46. The van der Waals surface area contributed by atoms with E-state index in [0.717, 1.165) is 12.6 Å². The molecule has 0 radical (unpaired) electrons. The summed E-state index contributed by atoms with van der Waals surface area (Å²) in [6, 6.07) is 5.43. The van der Waals surface area contributed by atoms with Crippen molar-refractivity contribution in [3.8, 4) is 11.3 Å². The second kappa shape index (κ2) is 7.20. The first-order valence-electron chi connectivity index (χ1n) is 8.26. The Morgan fingerprint density at radius 1 is 1.00 bits per heavy atom. The van der Waals surface area contributed by atoms with Crippen molar-refractivity contribution in [2.45, 2.75) is 38.3 Å². The number of anilines is 1. The van der Waals surface area contributed by atoms with Gasteiger partial charge in [0.2, 0.25) is 0 Å². The normalized spacial score (nSPS) is 16.1. The highest BCUT2D eigenvalue weighted by Crippen LogP contribution is 2.36. The van der Waals surface area contributed by atoms with Crippen LogP contribution in [0.4, 0.5) is 19.0 Å². The van der Waals surface area contributed by atoms with Crippen LogP contribution in [0.5, 0.6) is 0 Å². The third-order valence-electron chi connectivity index (χ3n) is 4.46. The second-order valence-corrected chi connectivity index (χ2v) is 6.22. The van der Waals surface area contributed by atoms with Gasteiger partial charge in [0.25, 0.3) is 0 Å². The van der Waals surface area contributed by atoms with E-state index >= 15 is 0 Å². The number of hydrogen-bond donors (Lipinski definition) is 1. The Labute approximate surface area is 139 Å². The molecule has 0 atom stereocenters. The second-order valence-electron chi connectivity index (χ2n) is 6.22. The summed E-state index contributed by atoms with van der Waals surface area (Å²) in [5, 5.41) is 3.24. The highest BCUT2D eigenvalue weighted by Gasteiger charge is 2.33. The molecule has 128 valence electrons. The van der Waals surface area contributed by atoms with Gasteiger partial charge in [0.05, 0.1) is 23.7 Å². The molecule has 24 heavy (non-hydrogen) atoms. The lowest BCUT2D eigenvalue weighted by Gasteiger charge is -2.21. The van der Waals surface area contributed by atoms with Crippen molar-refractivity contribution in [2.24, 2.45) is 5.92 Å². The van der Waals surface area contributed by atoms with Gasteiger partial charge in [-0.05, 0) is 24.8 Å². The summed E-state index contributed by atoms with van der Waals surface area (Å²) < 4.78 is 39.2. The van der Waals surface area contributed by atoms with E-state index in [-0.39, 0.29) is 11.3 Å². The summed E-state index contributed by atoms with van der Waals surface area (Å²) >= 11 is 0. The van der Waals surface area contributed by atoms with Crippen molar-refractivity contribution in [1.29, 1.82) is 0 Å². The predicted octanol–water partition coefficient (Wildman–Crippen LogP) is 5.15.